The average molecular weight is 332 g/mol. The minimum atomic E-state index is -1.13. The van der Waals surface area contributed by atoms with Crippen LogP contribution in [0.15, 0.2) is 66.7 Å². The summed E-state index contributed by atoms with van der Waals surface area (Å²) in [4.78, 5) is 11.6. The van der Waals surface area contributed by atoms with E-state index < -0.39 is 5.97 Å². The monoisotopic (exact) mass is 332 g/mol. The standard InChI is InChI=1S/C22H20O3/c1-14-8-6-7-11-18(14)15(2)17-12-19(16-9-4-3-5-10-16)21(23)20(13-17)22(24)25/h3-13,15,23H,1-2H3,(H,24,25). The van der Waals surface area contributed by atoms with Crippen molar-refractivity contribution in [2.75, 3.05) is 0 Å². The zero-order chi connectivity index (χ0) is 18.0. The quantitative estimate of drug-likeness (QED) is 0.689. The predicted molar refractivity (Wildman–Crippen MR) is 99.2 cm³/mol. The lowest BCUT2D eigenvalue weighted by Crippen LogP contribution is -2.04. The summed E-state index contributed by atoms with van der Waals surface area (Å²) in [5.41, 5.74) is 4.42. The summed E-state index contributed by atoms with van der Waals surface area (Å²) in [7, 11) is 0. The van der Waals surface area contributed by atoms with Crippen molar-refractivity contribution < 1.29 is 15.0 Å². The number of carboxylic acid groups (broad SMARTS) is 1. The molecular formula is C22H20O3. The summed E-state index contributed by atoms with van der Waals surface area (Å²) in [6, 6.07) is 20.9. The van der Waals surface area contributed by atoms with Crippen LogP contribution in [0, 0.1) is 6.92 Å². The number of aromatic hydroxyl groups is 1. The van der Waals surface area contributed by atoms with Gasteiger partial charge < -0.3 is 10.2 Å². The van der Waals surface area contributed by atoms with Gasteiger partial charge in [-0.25, -0.2) is 4.79 Å². The van der Waals surface area contributed by atoms with Crippen molar-refractivity contribution in [3.63, 3.8) is 0 Å². The number of hydrogen-bond acceptors (Lipinski definition) is 2. The molecule has 0 radical (unpaired) electrons. The summed E-state index contributed by atoms with van der Waals surface area (Å²) in [5, 5.41) is 20.0. The average Bonchev–Trinajstić information content (AvgIpc) is 2.62. The topological polar surface area (TPSA) is 57.5 Å². The Labute approximate surface area is 147 Å². The number of carboxylic acids is 1. The van der Waals surface area contributed by atoms with Gasteiger partial charge in [-0.05, 0) is 41.3 Å². The fourth-order valence-electron chi connectivity index (χ4n) is 3.16. The fourth-order valence-corrected chi connectivity index (χ4v) is 3.16. The third kappa shape index (κ3) is 3.26. The molecule has 0 bridgehead atoms. The number of phenols is 1. The largest absolute Gasteiger partial charge is 0.506 e. The van der Waals surface area contributed by atoms with Gasteiger partial charge >= 0.3 is 5.97 Å². The first-order chi connectivity index (χ1) is 12.0. The molecule has 0 saturated heterocycles. The summed E-state index contributed by atoms with van der Waals surface area (Å²) >= 11 is 0. The molecule has 1 atom stereocenters. The fraction of sp³-hybridized carbons (Fsp3) is 0.136. The number of benzene rings is 3. The maximum atomic E-state index is 11.6. The highest BCUT2D eigenvalue weighted by Gasteiger charge is 2.20. The molecule has 3 rings (SSSR count). The van der Waals surface area contributed by atoms with Crippen molar-refractivity contribution in [2.45, 2.75) is 19.8 Å². The third-order valence-corrected chi connectivity index (χ3v) is 4.60. The van der Waals surface area contributed by atoms with Crippen LogP contribution in [0.25, 0.3) is 11.1 Å². The van der Waals surface area contributed by atoms with E-state index in [0.29, 0.717) is 5.56 Å². The second-order valence-corrected chi connectivity index (χ2v) is 6.21. The smallest absolute Gasteiger partial charge is 0.339 e. The number of aromatic carboxylic acids is 1. The van der Waals surface area contributed by atoms with Crippen LogP contribution >= 0.6 is 0 Å². The molecule has 0 amide bonds. The van der Waals surface area contributed by atoms with E-state index in [2.05, 4.69) is 13.0 Å². The van der Waals surface area contributed by atoms with Gasteiger partial charge in [-0.15, -0.1) is 0 Å². The first-order valence-corrected chi connectivity index (χ1v) is 8.20. The third-order valence-electron chi connectivity index (χ3n) is 4.60. The van der Waals surface area contributed by atoms with E-state index in [1.165, 1.54) is 0 Å². The van der Waals surface area contributed by atoms with Gasteiger partial charge in [0.2, 0.25) is 0 Å². The van der Waals surface area contributed by atoms with Gasteiger partial charge in [0, 0.05) is 11.5 Å². The van der Waals surface area contributed by atoms with Crippen molar-refractivity contribution in [3.05, 3.63) is 89.0 Å². The minimum Gasteiger partial charge on any atom is -0.506 e. The van der Waals surface area contributed by atoms with Gasteiger partial charge in [-0.1, -0.05) is 61.5 Å². The minimum absolute atomic E-state index is 0.0161. The van der Waals surface area contributed by atoms with Crippen LogP contribution < -0.4 is 0 Å². The van der Waals surface area contributed by atoms with Crippen LogP contribution in [0.1, 0.15) is 39.9 Å². The van der Waals surface area contributed by atoms with Crippen molar-refractivity contribution in [3.8, 4) is 16.9 Å². The Morgan fingerprint density at radius 2 is 1.60 bits per heavy atom. The molecule has 2 N–H and O–H groups in total. The van der Waals surface area contributed by atoms with E-state index in [1.807, 2.05) is 61.5 Å². The van der Waals surface area contributed by atoms with E-state index >= 15 is 0 Å². The number of carbonyl (C=O) groups is 1. The highest BCUT2D eigenvalue weighted by molar-refractivity contribution is 5.94. The van der Waals surface area contributed by atoms with Gasteiger partial charge in [0.15, 0.2) is 0 Å². The maximum Gasteiger partial charge on any atom is 0.339 e. The van der Waals surface area contributed by atoms with Gasteiger partial charge in [-0.2, -0.15) is 0 Å². The highest BCUT2D eigenvalue weighted by Crippen LogP contribution is 2.37. The number of hydrogen-bond donors (Lipinski definition) is 2. The lowest BCUT2D eigenvalue weighted by molar-refractivity contribution is 0.0693. The molecule has 3 aromatic rings. The van der Waals surface area contributed by atoms with E-state index in [4.69, 9.17) is 0 Å². The van der Waals surface area contributed by atoms with Gasteiger partial charge in [0.05, 0.1) is 0 Å². The van der Waals surface area contributed by atoms with Gasteiger partial charge in [0.1, 0.15) is 11.3 Å². The lowest BCUT2D eigenvalue weighted by Gasteiger charge is -2.18. The number of aryl methyl sites for hydroxylation is 1. The summed E-state index contributed by atoms with van der Waals surface area (Å²) in [5.74, 6) is -1.31. The highest BCUT2D eigenvalue weighted by atomic mass is 16.4. The van der Waals surface area contributed by atoms with Crippen molar-refractivity contribution in [1.29, 1.82) is 0 Å². The molecule has 0 aliphatic carbocycles. The second kappa shape index (κ2) is 6.81. The predicted octanol–water partition coefficient (Wildman–Crippen LogP) is 5.22. The van der Waals surface area contributed by atoms with Gasteiger partial charge in [0.25, 0.3) is 0 Å². The van der Waals surface area contributed by atoms with Gasteiger partial charge in [-0.3, -0.25) is 0 Å². The molecular weight excluding hydrogens is 312 g/mol. The zero-order valence-corrected chi connectivity index (χ0v) is 14.2. The molecule has 126 valence electrons. The molecule has 3 heteroatoms. The normalized spacial score (nSPS) is 11.9. The van der Waals surface area contributed by atoms with Crippen LogP contribution in [0.4, 0.5) is 0 Å². The first-order valence-electron chi connectivity index (χ1n) is 8.20. The van der Waals surface area contributed by atoms with Crippen molar-refractivity contribution in [1.82, 2.24) is 0 Å². The van der Waals surface area contributed by atoms with Crippen LogP contribution in [0.3, 0.4) is 0 Å². The Kier molecular flexibility index (Phi) is 4.57. The molecule has 0 aliphatic rings. The molecule has 0 heterocycles. The van der Waals surface area contributed by atoms with Crippen molar-refractivity contribution in [2.24, 2.45) is 0 Å². The molecule has 1 unspecified atom stereocenters. The Morgan fingerprint density at radius 3 is 2.24 bits per heavy atom. The lowest BCUT2D eigenvalue weighted by atomic mass is 9.87. The Hall–Kier alpha value is -3.07. The van der Waals surface area contributed by atoms with Crippen LogP contribution in [-0.2, 0) is 0 Å². The summed E-state index contributed by atoms with van der Waals surface area (Å²) in [6.07, 6.45) is 0. The van der Waals surface area contributed by atoms with Crippen LogP contribution in [0.5, 0.6) is 5.75 Å². The molecule has 3 nitrogen and oxygen atoms in total. The van der Waals surface area contributed by atoms with Crippen molar-refractivity contribution >= 4 is 5.97 Å². The van der Waals surface area contributed by atoms with Crippen LogP contribution in [-0.4, -0.2) is 16.2 Å². The first kappa shape index (κ1) is 16.8. The van der Waals surface area contributed by atoms with E-state index in [1.54, 1.807) is 6.07 Å². The molecule has 0 spiro atoms. The molecule has 25 heavy (non-hydrogen) atoms. The molecule has 0 aliphatic heterocycles. The zero-order valence-electron chi connectivity index (χ0n) is 14.2. The van der Waals surface area contributed by atoms with E-state index in [-0.39, 0.29) is 17.2 Å². The summed E-state index contributed by atoms with van der Waals surface area (Å²) < 4.78 is 0. The molecule has 0 saturated carbocycles. The molecule has 3 aromatic carbocycles. The Bertz CT molecular complexity index is 914. The SMILES string of the molecule is Cc1ccccc1C(C)c1cc(C(=O)O)c(O)c(-c2ccccc2)c1. The Balaban J connectivity index is 2.19. The Morgan fingerprint density at radius 1 is 0.960 bits per heavy atom. The molecule has 0 aromatic heterocycles. The van der Waals surface area contributed by atoms with E-state index in [0.717, 1.165) is 22.3 Å². The second-order valence-electron chi connectivity index (χ2n) is 6.21. The van der Waals surface area contributed by atoms with E-state index in [9.17, 15) is 15.0 Å². The van der Waals surface area contributed by atoms with Crippen LogP contribution in [0.2, 0.25) is 0 Å². The number of rotatable bonds is 4. The maximum absolute atomic E-state index is 11.6. The summed E-state index contributed by atoms with van der Waals surface area (Å²) in [6.45, 7) is 4.09. The molecule has 0 fully saturated rings.